The summed E-state index contributed by atoms with van der Waals surface area (Å²) in [6, 6.07) is 9.17. The highest BCUT2D eigenvalue weighted by Crippen LogP contribution is 2.11. The Morgan fingerprint density at radius 3 is 2.71 bits per heavy atom. The van der Waals surface area contributed by atoms with E-state index in [9.17, 15) is 4.79 Å². The Labute approximate surface area is 121 Å². The Balaban J connectivity index is 2.41. The van der Waals surface area contributed by atoms with Crippen LogP contribution in [-0.2, 0) is 14.4 Å². The van der Waals surface area contributed by atoms with E-state index in [0.29, 0.717) is 0 Å². The zero-order valence-corrected chi connectivity index (χ0v) is 11.7. The number of hydrogen-bond acceptors (Lipinski definition) is 7. The van der Waals surface area contributed by atoms with Crippen molar-refractivity contribution in [2.45, 2.75) is 6.92 Å². The fourth-order valence-corrected chi connectivity index (χ4v) is 1.64. The first kappa shape index (κ1) is 14.5. The van der Waals surface area contributed by atoms with Gasteiger partial charge in [-0.2, -0.15) is 9.67 Å². The van der Waals surface area contributed by atoms with Crippen molar-refractivity contribution < 1.29 is 14.4 Å². The van der Waals surface area contributed by atoms with Gasteiger partial charge in [-0.05, 0) is 19.1 Å². The lowest BCUT2D eigenvalue weighted by Gasteiger charge is -2.02. The molecule has 8 nitrogen and oxygen atoms in total. The van der Waals surface area contributed by atoms with Crippen LogP contribution < -0.4 is 5.73 Å². The summed E-state index contributed by atoms with van der Waals surface area (Å²) in [4.78, 5) is 20.5. The first-order chi connectivity index (χ1) is 10.2. The molecular weight excluding hydrogens is 274 g/mol. The van der Waals surface area contributed by atoms with E-state index in [2.05, 4.69) is 20.1 Å². The lowest BCUT2D eigenvalue weighted by molar-refractivity contribution is -0.135. The van der Waals surface area contributed by atoms with Gasteiger partial charge in [0, 0.05) is 0 Å². The molecular formula is C13H15N5O3. The van der Waals surface area contributed by atoms with E-state index in [1.54, 1.807) is 6.92 Å². The summed E-state index contributed by atoms with van der Waals surface area (Å²) in [5.74, 6) is -0.509. The van der Waals surface area contributed by atoms with Gasteiger partial charge in [-0.1, -0.05) is 23.4 Å². The maximum atomic E-state index is 11.8. The molecule has 0 aliphatic carbocycles. The molecule has 1 heterocycles. The van der Waals surface area contributed by atoms with Crippen molar-refractivity contribution in [1.82, 2.24) is 14.8 Å². The van der Waals surface area contributed by atoms with Gasteiger partial charge >= 0.3 is 5.97 Å². The van der Waals surface area contributed by atoms with E-state index in [1.807, 2.05) is 30.3 Å². The van der Waals surface area contributed by atoms with E-state index >= 15 is 0 Å². The first-order valence-electron chi connectivity index (χ1n) is 6.24. The molecule has 0 fully saturated rings. The molecule has 0 bridgehead atoms. The van der Waals surface area contributed by atoms with Crippen LogP contribution in [-0.4, -0.2) is 40.2 Å². The van der Waals surface area contributed by atoms with Crippen molar-refractivity contribution in [1.29, 1.82) is 0 Å². The zero-order valence-electron chi connectivity index (χ0n) is 11.7. The number of aromatic nitrogens is 3. The Bertz CT molecular complexity index is 651. The van der Waals surface area contributed by atoms with Gasteiger partial charge in [-0.15, -0.1) is 5.10 Å². The van der Waals surface area contributed by atoms with Crippen molar-refractivity contribution in [3.05, 3.63) is 36.2 Å². The number of benzene rings is 1. The fraction of sp³-hybridized carbons (Fsp3) is 0.231. The van der Waals surface area contributed by atoms with E-state index in [1.165, 1.54) is 11.8 Å². The molecule has 110 valence electrons. The molecule has 21 heavy (non-hydrogen) atoms. The highest BCUT2D eigenvalue weighted by Gasteiger charge is 2.23. The second kappa shape index (κ2) is 6.51. The van der Waals surface area contributed by atoms with Crippen molar-refractivity contribution in [3.63, 3.8) is 0 Å². The van der Waals surface area contributed by atoms with E-state index in [4.69, 9.17) is 10.5 Å². The number of carbonyl (C=O) groups excluding carboxylic acids is 1. The number of oxime groups is 1. The maximum Gasteiger partial charge on any atom is 0.364 e. The molecule has 0 radical (unpaired) electrons. The third-order valence-electron chi connectivity index (χ3n) is 2.50. The summed E-state index contributed by atoms with van der Waals surface area (Å²) in [5, 5.41) is 7.78. The molecule has 0 unspecified atom stereocenters. The summed E-state index contributed by atoms with van der Waals surface area (Å²) in [6.07, 6.45) is 0. The number of nitrogen functional groups attached to an aromatic ring is 1. The molecule has 8 heteroatoms. The Morgan fingerprint density at radius 2 is 2.10 bits per heavy atom. The van der Waals surface area contributed by atoms with Crippen LogP contribution >= 0.6 is 0 Å². The first-order valence-corrected chi connectivity index (χ1v) is 6.24. The van der Waals surface area contributed by atoms with Crippen LogP contribution in [0.3, 0.4) is 0 Å². The topological polar surface area (TPSA) is 105 Å². The van der Waals surface area contributed by atoms with Gasteiger partial charge in [0.15, 0.2) is 0 Å². The molecule has 2 N–H and O–H groups in total. The van der Waals surface area contributed by atoms with Crippen LogP contribution in [0.25, 0.3) is 5.69 Å². The number of ether oxygens (including phenoxy) is 1. The molecule has 2 rings (SSSR count). The summed E-state index contributed by atoms with van der Waals surface area (Å²) in [6.45, 7) is 1.89. The number of para-hydroxylation sites is 1. The summed E-state index contributed by atoms with van der Waals surface area (Å²) >= 11 is 0. The average molecular weight is 289 g/mol. The number of anilines is 1. The van der Waals surface area contributed by atoms with Crippen LogP contribution in [0, 0.1) is 0 Å². The quantitative estimate of drug-likeness (QED) is 0.495. The fourth-order valence-electron chi connectivity index (χ4n) is 1.64. The SMILES string of the molecule is CCOC(=O)C(=NOC)c1nc(N)n(-c2ccccc2)n1. The monoisotopic (exact) mass is 289 g/mol. The minimum Gasteiger partial charge on any atom is -0.461 e. The predicted molar refractivity (Wildman–Crippen MR) is 76.0 cm³/mol. The lowest BCUT2D eigenvalue weighted by atomic mass is 10.3. The minimum atomic E-state index is -0.676. The van der Waals surface area contributed by atoms with Crippen LogP contribution in [0.2, 0.25) is 0 Å². The van der Waals surface area contributed by atoms with Crippen molar-refractivity contribution in [2.75, 3.05) is 19.5 Å². The molecule has 0 spiro atoms. The second-order valence-corrected chi connectivity index (χ2v) is 3.88. The van der Waals surface area contributed by atoms with Crippen molar-refractivity contribution in [2.24, 2.45) is 5.16 Å². The molecule has 0 saturated heterocycles. The van der Waals surface area contributed by atoms with Crippen LogP contribution in [0.5, 0.6) is 0 Å². The maximum absolute atomic E-state index is 11.8. The number of carbonyl (C=O) groups is 1. The van der Waals surface area contributed by atoms with Crippen molar-refractivity contribution in [3.8, 4) is 5.69 Å². The van der Waals surface area contributed by atoms with Gasteiger partial charge in [0.1, 0.15) is 7.11 Å². The third kappa shape index (κ3) is 3.16. The number of rotatable bonds is 5. The van der Waals surface area contributed by atoms with E-state index in [-0.39, 0.29) is 24.1 Å². The smallest absolute Gasteiger partial charge is 0.364 e. The number of esters is 1. The van der Waals surface area contributed by atoms with Gasteiger partial charge in [0.2, 0.25) is 17.5 Å². The predicted octanol–water partition coefficient (Wildman–Crippen LogP) is 0.763. The lowest BCUT2D eigenvalue weighted by Crippen LogP contribution is -2.21. The normalized spacial score (nSPS) is 11.2. The van der Waals surface area contributed by atoms with E-state index < -0.39 is 5.97 Å². The van der Waals surface area contributed by atoms with Gasteiger partial charge in [-0.25, -0.2) is 4.79 Å². The van der Waals surface area contributed by atoms with Gasteiger partial charge in [0.05, 0.1) is 12.3 Å². The Morgan fingerprint density at radius 1 is 1.38 bits per heavy atom. The molecule has 0 aliphatic rings. The highest BCUT2D eigenvalue weighted by molar-refractivity contribution is 6.42. The van der Waals surface area contributed by atoms with E-state index in [0.717, 1.165) is 5.69 Å². The largest absolute Gasteiger partial charge is 0.461 e. The Hall–Kier alpha value is -2.90. The molecule has 0 aliphatic heterocycles. The van der Waals surface area contributed by atoms with Crippen LogP contribution in [0.1, 0.15) is 12.7 Å². The van der Waals surface area contributed by atoms with Gasteiger partial charge in [-0.3, -0.25) is 0 Å². The summed E-state index contributed by atoms with van der Waals surface area (Å²) < 4.78 is 6.29. The van der Waals surface area contributed by atoms with Crippen molar-refractivity contribution >= 4 is 17.6 Å². The highest BCUT2D eigenvalue weighted by atomic mass is 16.6. The van der Waals surface area contributed by atoms with Crippen LogP contribution in [0.15, 0.2) is 35.5 Å². The van der Waals surface area contributed by atoms with Crippen LogP contribution in [0.4, 0.5) is 5.95 Å². The molecule has 0 atom stereocenters. The van der Waals surface area contributed by atoms with Gasteiger partial charge in [0.25, 0.3) is 0 Å². The molecule has 0 amide bonds. The zero-order chi connectivity index (χ0) is 15.2. The standard InChI is InChI=1S/C13H15N5O3/c1-3-21-12(19)10(17-20-2)11-15-13(14)18(16-11)9-7-5-4-6-8-9/h4-8H,3H2,1-2H3,(H2,14,15,16). The average Bonchev–Trinajstić information content (AvgIpc) is 2.87. The Kier molecular flexibility index (Phi) is 4.50. The summed E-state index contributed by atoms with van der Waals surface area (Å²) in [5.41, 5.74) is 6.40. The number of hydrogen-bond donors (Lipinski definition) is 1. The molecule has 0 saturated carbocycles. The molecule has 2 aromatic rings. The number of nitrogens with two attached hydrogens (primary N) is 1. The van der Waals surface area contributed by atoms with Gasteiger partial charge < -0.3 is 15.3 Å². The third-order valence-corrected chi connectivity index (χ3v) is 2.50. The molecule has 1 aromatic carbocycles. The molecule has 1 aromatic heterocycles. The number of nitrogens with zero attached hydrogens (tertiary/aromatic N) is 4. The summed E-state index contributed by atoms with van der Waals surface area (Å²) in [7, 11) is 1.32. The minimum absolute atomic E-state index is 0.0386. The second-order valence-electron chi connectivity index (χ2n) is 3.88.